The summed E-state index contributed by atoms with van der Waals surface area (Å²) in [5.74, 6) is 1.18. The van der Waals surface area contributed by atoms with Gasteiger partial charge in [-0.05, 0) is 27.2 Å². The fourth-order valence-corrected chi connectivity index (χ4v) is 2.91. The van der Waals surface area contributed by atoms with Crippen molar-refractivity contribution in [2.45, 2.75) is 98.4 Å². The lowest BCUT2D eigenvalue weighted by molar-refractivity contribution is 0.528. The Kier molecular flexibility index (Phi) is 8.64. The normalized spacial score (nSPS) is 11.2. The van der Waals surface area contributed by atoms with Crippen LogP contribution in [0.25, 0.3) is 0 Å². The van der Waals surface area contributed by atoms with Gasteiger partial charge < -0.3 is 4.57 Å². The Morgan fingerprint density at radius 1 is 0.750 bits per heavy atom. The minimum absolute atomic E-state index is 1.15. The van der Waals surface area contributed by atoms with Crippen LogP contribution < -0.4 is 0 Å². The van der Waals surface area contributed by atoms with E-state index in [4.69, 9.17) is 0 Å². The summed E-state index contributed by atoms with van der Waals surface area (Å²) in [7, 11) is 0. The third-order valence-corrected chi connectivity index (χ3v) is 4.38. The summed E-state index contributed by atoms with van der Waals surface area (Å²) in [5.41, 5.74) is 2.54. The molecule has 116 valence electrons. The first-order valence-corrected chi connectivity index (χ1v) is 8.67. The number of nitrogens with zero attached hydrogens (tertiary/aromatic N) is 2. The minimum atomic E-state index is 1.15. The van der Waals surface area contributed by atoms with Gasteiger partial charge in [0.1, 0.15) is 5.82 Å². The van der Waals surface area contributed by atoms with Gasteiger partial charge in [0.25, 0.3) is 0 Å². The number of hydrogen-bond acceptors (Lipinski definition) is 1. The van der Waals surface area contributed by atoms with Gasteiger partial charge in [0, 0.05) is 12.2 Å². The molecule has 0 saturated carbocycles. The Hall–Kier alpha value is -0.790. The molecular weight excluding hydrogens is 244 g/mol. The van der Waals surface area contributed by atoms with Gasteiger partial charge >= 0.3 is 0 Å². The van der Waals surface area contributed by atoms with Gasteiger partial charge in [0.15, 0.2) is 0 Å². The predicted octanol–water partition coefficient (Wildman–Crippen LogP) is 5.73. The van der Waals surface area contributed by atoms with Gasteiger partial charge in [-0.1, -0.05) is 64.7 Å². The van der Waals surface area contributed by atoms with Crippen LogP contribution in [0.2, 0.25) is 0 Å². The number of unbranched alkanes of at least 4 members (excludes halogenated alkanes) is 9. The topological polar surface area (TPSA) is 17.8 Å². The molecule has 20 heavy (non-hydrogen) atoms. The Bertz CT molecular complexity index is 366. The van der Waals surface area contributed by atoms with Crippen LogP contribution in [0, 0.1) is 20.8 Å². The molecule has 0 unspecified atom stereocenters. The van der Waals surface area contributed by atoms with E-state index in [-0.39, 0.29) is 0 Å². The average Bonchev–Trinajstić information content (AvgIpc) is 2.67. The molecule has 0 amide bonds. The Morgan fingerprint density at radius 2 is 1.25 bits per heavy atom. The van der Waals surface area contributed by atoms with Crippen LogP contribution in [-0.2, 0) is 6.54 Å². The minimum Gasteiger partial charge on any atom is -0.332 e. The van der Waals surface area contributed by atoms with Crippen molar-refractivity contribution in [3.8, 4) is 0 Å². The average molecular weight is 278 g/mol. The second kappa shape index (κ2) is 10.0. The lowest BCUT2D eigenvalue weighted by atomic mass is 10.1. The zero-order chi connectivity index (χ0) is 14.8. The van der Waals surface area contributed by atoms with Gasteiger partial charge in [-0.15, -0.1) is 0 Å². The van der Waals surface area contributed by atoms with Crippen LogP contribution in [-0.4, -0.2) is 9.55 Å². The fraction of sp³-hybridized carbons (Fsp3) is 0.833. The highest BCUT2D eigenvalue weighted by Gasteiger charge is 2.06. The third kappa shape index (κ3) is 6.11. The standard InChI is InChI=1S/C18H34N2/c1-5-6-7-8-9-10-11-12-13-14-15-20-17(3)16(2)19-18(20)4/h5-15H2,1-4H3. The maximum Gasteiger partial charge on any atom is 0.106 e. The van der Waals surface area contributed by atoms with Gasteiger partial charge in [0.05, 0.1) is 5.69 Å². The highest BCUT2D eigenvalue weighted by Crippen LogP contribution is 2.13. The zero-order valence-electron chi connectivity index (χ0n) is 14.2. The first-order chi connectivity index (χ1) is 9.66. The van der Waals surface area contributed by atoms with Crippen molar-refractivity contribution in [2.24, 2.45) is 0 Å². The van der Waals surface area contributed by atoms with Crippen molar-refractivity contribution < 1.29 is 0 Å². The van der Waals surface area contributed by atoms with E-state index in [1.807, 2.05) is 0 Å². The number of aryl methyl sites for hydroxylation is 2. The first-order valence-electron chi connectivity index (χ1n) is 8.67. The van der Waals surface area contributed by atoms with Gasteiger partial charge in [-0.3, -0.25) is 0 Å². The molecule has 0 aliphatic carbocycles. The highest BCUT2D eigenvalue weighted by atomic mass is 15.1. The molecule has 2 nitrogen and oxygen atoms in total. The highest BCUT2D eigenvalue weighted by molar-refractivity contribution is 5.13. The number of imidazole rings is 1. The van der Waals surface area contributed by atoms with E-state index < -0.39 is 0 Å². The van der Waals surface area contributed by atoms with Crippen LogP contribution in [0.15, 0.2) is 0 Å². The molecular formula is C18H34N2. The number of aromatic nitrogens is 2. The molecule has 0 fully saturated rings. The van der Waals surface area contributed by atoms with Crippen molar-refractivity contribution in [3.05, 3.63) is 17.2 Å². The molecule has 1 rings (SSSR count). The van der Waals surface area contributed by atoms with Crippen LogP contribution in [0.4, 0.5) is 0 Å². The van der Waals surface area contributed by atoms with Crippen molar-refractivity contribution in [1.29, 1.82) is 0 Å². The Labute approximate surface area is 126 Å². The molecule has 0 saturated heterocycles. The van der Waals surface area contributed by atoms with E-state index >= 15 is 0 Å². The van der Waals surface area contributed by atoms with E-state index in [1.165, 1.54) is 81.4 Å². The van der Waals surface area contributed by atoms with Crippen LogP contribution in [0.3, 0.4) is 0 Å². The van der Waals surface area contributed by atoms with Crippen LogP contribution >= 0.6 is 0 Å². The molecule has 0 N–H and O–H groups in total. The maximum absolute atomic E-state index is 4.54. The lowest BCUT2D eigenvalue weighted by Gasteiger charge is -2.08. The molecule has 0 bridgehead atoms. The molecule has 1 aromatic heterocycles. The molecule has 0 radical (unpaired) electrons. The summed E-state index contributed by atoms with van der Waals surface area (Å²) < 4.78 is 2.38. The maximum atomic E-state index is 4.54. The van der Waals surface area contributed by atoms with E-state index in [0.29, 0.717) is 0 Å². The van der Waals surface area contributed by atoms with Crippen molar-refractivity contribution in [3.63, 3.8) is 0 Å². The van der Waals surface area contributed by atoms with Gasteiger partial charge in [-0.25, -0.2) is 4.98 Å². The second-order valence-electron chi connectivity index (χ2n) is 6.16. The molecule has 1 heterocycles. The second-order valence-corrected chi connectivity index (χ2v) is 6.16. The van der Waals surface area contributed by atoms with E-state index in [2.05, 4.69) is 37.2 Å². The van der Waals surface area contributed by atoms with Crippen molar-refractivity contribution in [2.75, 3.05) is 0 Å². The Balaban J connectivity index is 2.00. The van der Waals surface area contributed by atoms with E-state index in [9.17, 15) is 0 Å². The van der Waals surface area contributed by atoms with Crippen molar-refractivity contribution >= 4 is 0 Å². The summed E-state index contributed by atoms with van der Waals surface area (Å²) in [5, 5.41) is 0. The monoisotopic (exact) mass is 278 g/mol. The lowest BCUT2D eigenvalue weighted by Crippen LogP contribution is -2.02. The molecule has 0 spiro atoms. The predicted molar refractivity (Wildman–Crippen MR) is 88.3 cm³/mol. The SMILES string of the molecule is CCCCCCCCCCCCn1c(C)nc(C)c1C. The summed E-state index contributed by atoms with van der Waals surface area (Å²) in [6.07, 6.45) is 14.0. The molecule has 2 heteroatoms. The summed E-state index contributed by atoms with van der Waals surface area (Å²) in [6.45, 7) is 9.85. The summed E-state index contributed by atoms with van der Waals surface area (Å²) in [4.78, 5) is 4.54. The summed E-state index contributed by atoms with van der Waals surface area (Å²) in [6, 6.07) is 0. The summed E-state index contributed by atoms with van der Waals surface area (Å²) >= 11 is 0. The molecule has 0 aliphatic rings. The van der Waals surface area contributed by atoms with Gasteiger partial charge in [0.2, 0.25) is 0 Å². The quantitative estimate of drug-likeness (QED) is 0.473. The largest absolute Gasteiger partial charge is 0.332 e. The van der Waals surface area contributed by atoms with Gasteiger partial charge in [-0.2, -0.15) is 0 Å². The Morgan fingerprint density at radius 3 is 1.70 bits per heavy atom. The molecule has 0 aromatic carbocycles. The molecule has 0 atom stereocenters. The third-order valence-electron chi connectivity index (χ3n) is 4.38. The molecule has 0 aliphatic heterocycles. The molecule has 1 aromatic rings. The van der Waals surface area contributed by atoms with E-state index in [1.54, 1.807) is 0 Å². The van der Waals surface area contributed by atoms with Crippen LogP contribution in [0.5, 0.6) is 0 Å². The first kappa shape index (κ1) is 17.3. The van der Waals surface area contributed by atoms with Crippen LogP contribution in [0.1, 0.15) is 88.3 Å². The smallest absolute Gasteiger partial charge is 0.106 e. The van der Waals surface area contributed by atoms with E-state index in [0.717, 1.165) is 6.54 Å². The fourth-order valence-electron chi connectivity index (χ4n) is 2.91. The van der Waals surface area contributed by atoms with Crippen molar-refractivity contribution in [1.82, 2.24) is 9.55 Å². The number of hydrogen-bond donors (Lipinski definition) is 0. The number of rotatable bonds is 11. The zero-order valence-corrected chi connectivity index (χ0v) is 14.2.